The first kappa shape index (κ1) is 12.7. The molecule has 0 saturated heterocycles. The van der Waals surface area contributed by atoms with Gasteiger partial charge < -0.3 is 11.5 Å². The number of primary amides is 1. The minimum absolute atomic E-state index is 0.110. The zero-order chi connectivity index (χ0) is 14.3. The lowest BCUT2D eigenvalue weighted by Gasteiger charge is -2.06. The van der Waals surface area contributed by atoms with E-state index in [1.165, 1.54) is 12.4 Å². The van der Waals surface area contributed by atoms with Crippen LogP contribution < -0.4 is 11.5 Å². The predicted molar refractivity (Wildman–Crippen MR) is 70.0 cm³/mol. The maximum atomic E-state index is 11.0. The molecule has 1 aliphatic carbocycles. The van der Waals surface area contributed by atoms with Gasteiger partial charge in [0.05, 0.1) is 18.4 Å². The fourth-order valence-electron chi connectivity index (χ4n) is 1.88. The zero-order valence-corrected chi connectivity index (χ0v) is 11.0. The molecule has 0 radical (unpaired) electrons. The number of aromatic nitrogens is 5. The summed E-state index contributed by atoms with van der Waals surface area (Å²) in [6.07, 6.45) is 4.97. The number of rotatable bonds is 4. The molecule has 1 unspecified atom stereocenters. The predicted octanol–water partition coefficient (Wildman–Crippen LogP) is 0.0533. The number of hydrogen-bond acceptors (Lipinski definition) is 6. The molecule has 0 aromatic carbocycles. The van der Waals surface area contributed by atoms with Crippen molar-refractivity contribution in [3.63, 3.8) is 0 Å². The highest BCUT2D eigenvalue weighted by atomic mass is 16.1. The van der Waals surface area contributed by atoms with Crippen molar-refractivity contribution in [2.24, 2.45) is 11.5 Å². The highest BCUT2D eigenvalue weighted by Gasteiger charge is 2.30. The molecule has 1 aliphatic rings. The molecule has 8 heteroatoms. The van der Waals surface area contributed by atoms with E-state index >= 15 is 0 Å². The summed E-state index contributed by atoms with van der Waals surface area (Å²) in [6, 6.07) is -0.271. The van der Waals surface area contributed by atoms with Crippen LogP contribution in [0.15, 0.2) is 12.4 Å². The van der Waals surface area contributed by atoms with Crippen molar-refractivity contribution >= 4 is 5.91 Å². The number of carbonyl (C=O) groups excluding carboxylic acids is 1. The monoisotopic (exact) mass is 273 g/mol. The molecule has 2 aromatic rings. The fourth-order valence-corrected chi connectivity index (χ4v) is 1.88. The van der Waals surface area contributed by atoms with Gasteiger partial charge >= 0.3 is 0 Å². The maximum Gasteiger partial charge on any atom is 0.268 e. The summed E-state index contributed by atoms with van der Waals surface area (Å²) < 4.78 is 1.58. The SMILES string of the molecule is CC(N)c1nc(C2CC2)nn1-c1cnc(C(N)=O)cn1. The molecule has 104 valence electrons. The van der Waals surface area contributed by atoms with Gasteiger partial charge in [-0.3, -0.25) is 4.79 Å². The van der Waals surface area contributed by atoms with Crippen molar-refractivity contribution in [1.29, 1.82) is 0 Å². The van der Waals surface area contributed by atoms with Crippen molar-refractivity contribution in [3.05, 3.63) is 29.7 Å². The second-order valence-corrected chi connectivity index (χ2v) is 4.93. The smallest absolute Gasteiger partial charge is 0.268 e. The van der Waals surface area contributed by atoms with E-state index in [1.807, 2.05) is 6.92 Å². The van der Waals surface area contributed by atoms with Crippen LogP contribution in [0.5, 0.6) is 0 Å². The van der Waals surface area contributed by atoms with Crippen molar-refractivity contribution < 1.29 is 4.79 Å². The third-order valence-corrected chi connectivity index (χ3v) is 3.11. The first-order valence-electron chi connectivity index (χ1n) is 6.41. The van der Waals surface area contributed by atoms with E-state index in [2.05, 4.69) is 20.1 Å². The molecular formula is C12H15N7O. The minimum Gasteiger partial charge on any atom is -0.364 e. The zero-order valence-electron chi connectivity index (χ0n) is 11.0. The van der Waals surface area contributed by atoms with Crippen LogP contribution in [0.1, 0.15) is 53.9 Å². The topological polar surface area (TPSA) is 126 Å². The van der Waals surface area contributed by atoms with Crippen molar-refractivity contribution in [2.75, 3.05) is 0 Å². The summed E-state index contributed by atoms with van der Waals surface area (Å²) in [4.78, 5) is 23.6. The quantitative estimate of drug-likeness (QED) is 0.810. The van der Waals surface area contributed by atoms with Crippen LogP contribution in [0.3, 0.4) is 0 Å². The van der Waals surface area contributed by atoms with Crippen LogP contribution in [0, 0.1) is 0 Å². The third-order valence-electron chi connectivity index (χ3n) is 3.11. The Morgan fingerprint density at radius 3 is 2.65 bits per heavy atom. The van der Waals surface area contributed by atoms with Gasteiger partial charge in [0.25, 0.3) is 5.91 Å². The van der Waals surface area contributed by atoms with Gasteiger partial charge in [-0.25, -0.2) is 15.0 Å². The van der Waals surface area contributed by atoms with Crippen LogP contribution in [-0.4, -0.2) is 30.6 Å². The summed E-state index contributed by atoms with van der Waals surface area (Å²) in [7, 11) is 0. The fraction of sp³-hybridized carbons (Fsp3) is 0.417. The Balaban J connectivity index is 2.01. The summed E-state index contributed by atoms with van der Waals surface area (Å²) in [6.45, 7) is 1.84. The van der Waals surface area contributed by atoms with Gasteiger partial charge in [-0.2, -0.15) is 4.68 Å². The van der Waals surface area contributed by atoms with E-state index in [0.29, 0.717) is 17.6 Å². The third kappa shape index (κ3) is 2.25. The minimum atomic E-state index is -0.617. The Kier molecular flexibility index (Phi) is 2.94. The number of carbonyl (C=O) groups is 1. The Labute approximate surface area is 115 Å². The first-order chi connectivity index (χ1) is 9.56. The van der Waals surface area contributed by atoms with Crippen molar-refractivity contribution in [1.82, 2.24) is 24.7 Å². The van der Waals surface area contributed by atoms with Crippen molar-refractivity contribution in [3.8, 4) is 5.82 Å². The Bertz CT molecular complexity index is 642. The molecule has 8 nitrogen and oxygen atoms in total. The van der Waals surface area contributed by atoms with Crippen LogP contribution >= 0.6 is 0 Å². The Hall–Kier alpha value is -2.35. The van der Waals surface area contributed by atoms with Gasteiger partial charge in [-0.1, -0.05) is 0 Å². The van der Waals surface area contributed by atoms with Gasteiger partial charge in [-0.15, -0.1) is 5.10 Å². The molecular weight excluding hydrogens is 258 g/mol. The maximum absolute atomic E-state index is 11.0. The lowest BCUT2D eigenvalue weighted by molar-refractivity contribution is 0.0995. The highest BCUT2D eigenvalue weighted by molar-refractivity contribution is 5.90. The highest BCUT2D eigenvalue weighted by Crippen LogP contribution is 2.38. The molecule has 1 saturated carbocycles. The van der Waals surface area contributed by atoms with Crippen LogP contribution in [-0.2, 0) is 0 Å². The van der Waals surface area contributed by atoms with Crippen LogP contribution in [0.4, 0.5) is 0 Å². The van der Waals surface area contributed by atoms with Crippen LogP contribution in [0.25, 0.3) is 5.82 Å². The lowest BCUT2D eigenvalue weighted by Crippen LogP contribution is -2.16. The molecule has 1 fully saturated rings. The average Bonchev–Trinajstić information content (AvgIpc) is 3.17. The van der Waals surface area contributed by atoms with E-state index < -0.39 is 5.91 Å². The second kappa shape index (κ2) is 4.64. The number of nitrogens with two attached hydrogens (primary N) is 2. The van der Waals surface area contributed by atoms with E-state index in [1.54, 1.807) is 4.68 Å². The number of hydrogen-bond donors (Lipinski definition) is 2. The normalized spacial score (nSPS) is 16.1. The summed E-state index contributed by atoms with van der Waals surface area (Å²) >= 11 is 0. The molecule has 0 bridgehead atoms. The van der Waals surface area contributed by atoms with E-state index in [-0.39, 0.29) is 11.7 Å². The number of amides is 1. The van der Waals surface area contributed by atoms with Crippen LogP contribution in [0.2, 0.25) is 0 Å². The molecule has 2 heterocycles. The number of nitrogens with zero attached hydrogens (tertiary/aromatic N) is 5. The van der Waals surface area contributed by atoms with Gasteiger partial charge in [0.1, 0.15) is 5.69 Å². The summed E-state index contributed by atoms with van der Waals surface area (Å²) in [5.41, 5.74) is 11.2. The van der Waals surface area contributed by atoms with Gasteiger partial charge in [0, 0.05) is 5.92 Å². The molecule has 4 N–H and O–H groups in total. The van der Waals surface area contributed by atoms with E-state index in [0.717, 1.165) is 18.7 Å². The molecule has 0 aliphatic heterocycles. The molecule has 2 aromatic heterocycles. The van der Waals surface area contributed by atoms with Crippen molar-refractivity contribution in [2.45, 2.75) is 31.7 Å². The first-order valence-corrected chi connectivity index (χ1v) is 6.41. The molecule has 1 atom stereocenters. The lowest BCUT2D eigenvalue weighted by atomic mass is 10.3. The Morgan fingerprint density at radius 1 is 1.40 bits per heavy atom. The van der Waals surface area contributed by atoms with Gasteiger partial charge in [-0.05, 0) is 19.8 Å². The average molecular weight is 273 g/mol. The summed E-state index contributed by atoms with van der Waals surface area (Å²) in [5.74, 6) is 1.70. The van der Waals surface area contributed by atoms with Gasteiger partial charge in [0.15, 0.2) is 17.5 Å². The second-order valence-electron chi connectivity index (χ2n) is 4.93. The molecule has 0 spiro atoms. The van der Waals surface area contributed by atoms with E-state index in [9.17, 15) is 4.79 Å². The molecule has 3 rings (SSSR count). The van der Waals surface area contributed by atoms with E-state index in [4.69, 9.17) is 11.5 Å². The molecule has 1 amide bonds. The molecule has 20 heavy (non-hydrogen) atoms. The van der Waals surface area contributed by atoms with Gasteiger partial charge in [0.2, 0.25) is 0 Å². The standard InChI is InChI=1S/C12H15N7O/c1-6(13)12-17-11(7-2-3-7)18-19(12)9-5-15-8(4-16-9)10(14)20/h4-7H,2-3,13H2,1H3,(H2,14,20). The Morgan fingerprint density at radius 2 is 2.15 bits per heavy atom. The largest absolute Gasteiger partial charge is 0.364 e. The summed E-state index contributed by atoms with van der Waals surface area (Å²) in [5, 5.41) is 4.45.